The van der Waals surface area contributed by atoms with Gasteiger partial charge in [0.25, 0.3) is 11.5 Å². The minimum atomic E-state index is -0.729. The van der Waals surface area contributed by atoms with E-state index < -0.39 is 6.04 Å². The molecule has 0 saturated carbocycles. The predicted octanol–water partition coefficient (Wildman–Crippen LogP) is 2.71. The fourth-order valence-electron chi connectivity index (χ4n) is 4.13. The number of rotatable bonds is 7. The second-order valence-electron chi connectivity index (χ2n) is 7.68. The molecule has 2 aromatic heterocycles. The van der Waals surface area contributed by atoms with E-state index in [2.05, 4.69) is 4.99 Å². The van der Waals surface area contributed by atoms with Crippen LogP contribution in [0.4, 0.5) is 0 Å². The van der Waals surface area contributed by atoms with E-state index in [0.29, 0.717) is 56.5 Å². The zero-order valence-electron chi connectivity index (χ0n) is 19.8. The van der Waals surface area contributed by atoms with E-state index in [4.69, 9.17) is 13.9 Å². The Bertz CT molecular complexity index is 1410. The van der Waals surface area contributed by atoms with Gasteiger partial charge in [0.2, 0.25) is 0 Å². The lowest BCUT2D eigenvalue weighted by Gasteiger charge is -2.30. The SMILES string of the molecule is CCN(CC)C(=O)C1=C(C)N=c2s/c(=C/c3ccco3)c(=O)n2[C@@H]1c1cc(OC)ccc1OC. The highest BCUT2D eigenvalue weighted by molar-refractivity contribution is 7.07. The molecule has 0 N–H and O–H groups in total. The highest BCUT2D eigenvalue weighted by atomic mass is 32.1. The van der Waals surface area contributed by atoms with E-state index in [1.165, 1.54) is 11.3 Å². The van der Waals surface area contributed by atoms with Gasteiger partial charge in [0.05, 0.1) is 36.3 Å². The molecular formula is C25H27N3O5S. The van der Waals surface area contributed by atoms with Crippen LogP contribution in [0.3, 0.4) is 0 Å². The highest BCUT2D eigenvalue weighted by Crippen LogP contribution is 2.38. The molecule has 4 rings (SSSR count). The van der Waals surface area contributed by atoms with E-state index >= 15 is 0 Å². The Hall–Kier alpha value is -3.59. The number of fused-ring (bicyclic) bond motifs is 1. The molecule has 1 aliphatic heterocycles. The molecule has 0 bridgehead atoms. The molecule has 0 spiro atoms. The third-order valence-corrected chi connectivity index (χ3v) is 6.83. The molecule has 1 aromatic carbocycles. The van der Waals surface area contributed by atoms with Gasteiger partial charge >= 0.3 is 0 Å². The minimum Gasteiger partial charge on any atom is -0.497 e. The van der Waals surface area contributed by atoms with Gasteiger partial charge in [-0.25, -0.2) is 4.99 Å². The largest absolute Gasteiger partial charge is 0.497 e. The van der Waals surface area contributed by atoms with Gasteiger partial charge < -0.3 is 18.8 Å². The van der Waals surface area contributed by atoms with Crippen LogP contribution in [0.1, 0.15) is 38.1 Å². The van der Waals surface area contributed by atoms with Crippen LogP contribution in [0.15, 0.2) is 62.1 Å². The monoisotopic (exact) mass is 481 g/mol. The molecule has 0 aliphatic carbocycles. The number of ether oxygens (including phenoxy) is 2. The Labute approximate surface area is 201 Å². The van der Waals surface area contributed by atoms with E-state index in [9.17, 15) is 9.59 Å². The number of carbonyl (C=O) groups is 1. The van der Waals surface area contributed by atoms with Gasteiger partial charge in [0.15, 0.2) is 4.80 Å². The summed E-state index contributed by atoms with van der Waals surface area (Å²) >= 11 is 1.26. The predicted molar refractivity (Wildman–Crippen MR) is 130 cm³/mol. The summed E-state index contributed by atoms with van der Waals surface area (Å²) in [7, 11) is 3.14. The lowest BCUT2D eigenvalue weighted by Crippen LogP contribution is -2.43. The lowest BCUT2D eigenvalue weighted by molar-refractivity contribution is -0.127. The number of nitrogens with zero attached hydrogens (tertiary/aromatic N) is 3. The van der Waals surface area contributed by atoms with Gasteiger partial charge in [0, 0.05) is 24.7 Å². The molecule has 3 heterocycles. The Morgan fingerprint density at radius 1 is 1.24 bits per heavy atom. The van der Waals surface area contributed by atoms with Crippen molar-refractivity contribution in [3.8, 4) is 11.5 Å². The van der Waals surface area contributed by atoms with Gasteiger partial charge in [-0.05, 0) is 51.1 Å². The summed E-state index contributed by atoms with van der Waals surface area (Å²) in [5.74, 6) is 1.54. The topological polar surface area (TPSA) is 86.3 Å². The molecular weight excluding hydrogens is 454 g/mol. The number of thiazole rings is 1. The number of allylic oxidation sites excluding steroid dienone is 1. The normalized spacial score (nSPS) is 15.7. The van der Waals surface area contributed by atoms with Crippen molar-refractivity contribution in [1.29, 1.82) is 0 Å². The number of benzene rings is 1. The van der Waals surface area contributed by atoms with Crippen LogP contribution in [-0.2, 0) is 4.79 Å². The Morgan fingerprint density at radius 2 is 2.00 bits per heavy atom. The third-order valence-electron chi connectivity index (χ3n) is 5.85. The van der Waals surface area contributed by atoms with E-state index in [1.54, 1.807) is 73.3 Å². The highest BCUT2D eigenvalue weighted by Gasteiger charge is 2.36. The first kappa shape index (κ1) is 23.6. The number of hydrogen-bond donors (Lipinski definition) is 0. The first-order valence-corrected chi connectivity index (χ1v) is 11.8. The van der Waals surface area contributed by atoms with Crippen LogP contribution in [-0.4, -0.2) is 42.7 Å². The van der Waals surface area contributed by atoms with Gasteiger partial charge in [-0.1, -0.05) is 11.3 Å². The second kappa shape index (κ2) is 9.72. The Kier molecular flexibility index (Phi) is 6.74. The average molecular weight is 482 g/mol. The first-order chi connectivity index (χ1) is 16.4. The number of methoxy groups -OCH3 is 2. The van der Waals surface area contributed by atoms with Crippen molar-refractivity contribution in [2.75, 3.05) is 27.3 Å². The van der Waals surface area contributed by atoms with Crippen molar-refractivity contribution in [3.05, 3.63) is 78.9 Å². The molecule has 34 heavy (non-hydrogen) atoms. The molecule has 1 amide bonds. The van der Waals surface area contributed by atoms with Crippen molar-refractivity contribution in [1.82, 2.24) is 9.47 Å². The molecule has 0 saturated heterocycles. The second-order valence-corrected chi connectivity index (χ2v) is 8.69. The summed E-state index contributed by atoms with van der Waals surface area (Å²) in [6.07, 6.45) is 3.24. The summed E-state index contributed by atoms with van der Waals surface area (Å²) in [6.45, 7) is 6.74. The zero-order valence-corrected chi connectivity index (χ0v) is 20.6. The molecule has 0 fully saturated rings. The van der Waals surface area contributed by atoms with Gasteiger partial charge in [-0.2, -0.15) is 0 Å². The van der Waals surface area contributed by atoms with Crippen LogP contribution in [0.25, 0.3) is 6.08 Å². The van der Waals surface area contributed by atoms with Crippen LogP contribution in [0.2, 0.25) is 0 Å². The third kappa shape index (κ3) is 4.07. The fraction of sp³-hybridized carbons (Fsp3) is 0.320. The van der Waals surface area contributed by atoms with E-state index in [0.717, 1.165) is 0 Å². The molecule has 1 atom stereocenters. The standard InChI is InChI=1S/C25H27N3O5S/c1-6-27(7-2)24(30)21-15(3)26-25-28(23(29)20(34-25)14-17-9-8-12-33-17)22(21)18-13-16(31-4)10-11-19(18)32-5/h8-14,22H,6-7H2,1-5H3/b20-14+/t22-/m1/s1. The van der Waals surface area contributed by atoms with E-state index in [1.807, 2.05) is 13.8 Å². The molecule has 0 unspecified atom stereocenters. The van der Waals surface area contributed by atoms with Crippen LogP contribution in [0.5, 0.6) is 11.5 Å². The molecule has 8 nitrogen and oxygen atoms in total. The van der Waals surface area contributed by atoms with Gasteiger partial charge in [-0.15, -0.1) is 0 Å². The number of likely N-dealkylation sites (N-methyl/N-ethyl adjacent to an activating group) is 1. The first-order valence-electron chi connectivity index (χ1n) is 11.0. The van der Waals surface area contributed by atoms with Crippen molar-refractivity contribution in [3.63, 3.8) is 0 Å². The Morgan fingerprint density at radius 3 is 2.62 bits per heavy atom. The quantitative estimate of drug-likeness (QED) is 0.518. The van der Waals surface area contributed by atoms with Crippen molar-refractivity contribution in [2.24, 2.45) is 4.99 Å². The maximum atomic E-state index is 13.7. The molecule has 1 aliphatic rings. The smallest absolute Gasteiger partial charge is 0.271 e. The maximum absolute atomic E-state index is 13.7. The number of furan rings is 1. The van der Waals surface area contributed by atoms with Crippen molar-refractivity contribution >= 4 is 23.3 Å². The number of aromatic nitrogens is 1. The molecule has 9 heteroatoms. The molecule has 3 aromatic rings. The number of carbonyl (C=O) groups excluding carboxylic acids is 1. The summed E-state index contributed by atoms with van der Waals surface area (Å²) < 4.78 is 18.6. The number of amides is 1. The van der Waals surface area contributed by atoms with Gasteiger partial charge in [-0.3, -0.25) is 14.2 Å². The van der Waals surface area contributed by atoms with Crippen LogP contribution < -0.4 is 24.4 Å². The van der Waals surface area contributed by atoms with Gasteiger partial charge in [0.1, 0.15) is 23.3 Å². The minimum absolute atomic E-state index is 0.165. The lowest BCUT2D eigenvalue weighted by atomic mass is 9.93. The van der Waals surface area contributed by atoms with Crippen LogP contribution in [0, 0.1) is 0 Å². The summed E-state index contributed by atoms with van der Waals surface area (Å²) in [5, 5.41) is 0. The summed E-state index contributed by atoms with van der Waals surface area (Å²) in [6, 6.07) is 8.18. The molecule has 0 radical (unpaired) electrons. The van der Waals surface area contributed by atoms with E-state index in [-0.39, 0.29) is 11.5 Å². The maximum Gasteiger partial charge on any atom is 0.271 e. The summed E-state index contributed by atoms with van der Waals surface area (Å²) in [4.78, 5) is 34.3. The van der Waals surface area contributed by atoms with Crippen molar-refractivity contribution in [2.45, 2.75) is 26.8 Å². The fourth-order valence-corrected chi connectivity index (χ4v) is 5.15. The van der Waals surface area contributed by atoms with Crippen molar-refractivity contribution < 1.29 is 18.7 Å². The van der Waals surface area contributed by atoms with Crippen LogP contribution >= 0.6 is 11.3 Å². The zero-order chi connectivity index (χ0) is 24.4. The summed E-state index contributed by atoms with van der Waals surface area (Å²) in [5.41, 5.74) is 1.40. The Balaban J connectivity index is 2.04. The number of hydrogen-bond acceptors (Lipinski definition) is 7. The molecule has 178 valence electrons. The average Bonchev–Trinajstić information content (AvgIpc) is 3.46.